The van der Waals surface area contributed by atoms with Crippen LogP contribution in [0.4, 0.5) is 11.5 Å². The number of hydrogen-bond donors (Lipinski definition) is 1. The summed E-state index contributed by atoms with van der Waals surface area (Å²) in [7, 11) is 1.64. The van der Waals surface area contributed by atoms with Crippen molar-refractivity contribution in [2.45, 2.75) is 13.8 Å². The Kier molecular flexibility index (Phi) is 3.87. The lowest BCUT2D eigenvalue weighted by atomic mass is 10.0. The van der Waals surface area contributed by atoms with Crippen LogP contribution in [0.25, 0.3) is 0 Å². The Bertz CT molecular complexity index is 536. The lowest BCUT2D eigenvalue weighted by molar-refractivity contribution is -0.385. The molecule has 1 fully saturated rings. The Labute approximate surface area is 117 Å². The number of anilines is 1. The Hall–Kier alpha value is -2.18. The summed E-state index contributed by atoms with van der Waals surface area (Å²) >= 11 is 0. The predicted octanol–water partition coefficient (Wildman–Crippen LogP) is 1.76. The molecule has 1 saturated heterocycles. The third-order valence-electron chi connectivity index (χ3n) is 3.83. The van der Waals surface area contributed by atoms with Crippen molar-refractivity contribution in [1.29, 1.82) is 0 Å². The molecule has 0 spiro atoms. The summed E-state index contributed by atoms with van der Waals surface area (Å²) in [6.07, 6.45) is 1.15. The van der Waals surface area contributed by atoms with Crippen molar-refractivity contribution in [3.05, 3.63) is 27.9 Å². The van der Waals surface area contributed by atoms with Crippen LogP contribution in [0.15, 0.2) is 12.3 Å². The number of amides is 1. The number of nitrogens with zero attached hydrogens (tertiary/aromatic N) is 3. The topological polar surface area (TPSA) is 88.4 Å². The van der Waals surface area contributed by atoms with Crippen molar-refractivity contribution in [1.82, 2.24) is 9.88 Å². The number of carbonyl (C=O) groups is 1. The van der Waals surface area contributed by atoms with E-state index in [2.05, 4.69) is 24.1 Å². The SMILES string of the molecule is CNc1ncc([N+](=O)[O-])cc1C(=O)N1CC(C)C(C)C1. The van der Waals surface area contributed by atoms with E-state index in [0.29, 0.717) is 30.7 Å². The maximum atomic E-state index is 12.5. The Morgan fingerprint density at radius 1 is 1.45 bits per heavy atom. The number of carbonyl (C=O) groups excluding carboxylic acids is 1. The van der Waals surface area contributed by atoms with Gasteiger partial charge in [0.1, 0.15) is 12.0 Å². The highest BCUT2D eigenvalue weighted by molar-refractivity contribution is 5.99. The molecule has 2 unspecified atom stereocenters. The maximum absolute atomic E-state index is 12.5. The highest BCUT2D eigenvalue weighted by Gasteiger charge is 2.31. The minimum atomic E-state index is -0.543. The van der Waals surface area contributed by atoms with Gasteiger partial charge in [-0.1, -0.05) is 13.8 Å². The van der Waals surface area contributed by atoms with Crippen LogP contribution in [0.3, 0.4) is 0 Å². The van der Waals surface area contributed by atoms with Gasteiger partial charge in [0.05, 0.1) is 10.5 Å². The van der Waals surface area contributed by atoms with Crippen LogP contribution < -0.4 is 5.32 Å². The smallest absolute Gasteiger partial charge is 0.288 e. The highest BCUT2D eigenvalue weighted by atomic mass is 16.6. The van der Waals surface area contributed by atoms with Gasteiger partial charge in [-0.15, -0.1) is 0 Å². The van der Waals surface area contributed by atoms with Crippen LogP contribution >= 0.6 is 0 Å². The highest BCUT2D eigenvalue weighted by Crippen LogP contribution is 2.26. The molecule has 0 radical (unpaired) electrons. The van der Waals surface area contributed by atoms with E-state index in [1.807, 2.05) is 0 Å². The van der Waals surface area contributed by atoms with E-state index in [9.17, 15) is 14.9 Å². The van der Waals surface area contributed by atoms with Gasteiger partial charge in [-0.3, -0.25) is 14.9 Å². The van der Waals surface area contributed by atoms with Gasteiger partial charge in [-0.25, -0.2) is 4.98 Å². The van der Waals surface area contributed by atoms with Gasteiger partial charge < -0.3 is 10.2 Å². The molecule has 1 amide bonds. The van der Waals surface area contributed by atoms with Gasteiger partial charge in [0.25, 0.3) is 11.6 Å². The second-order valence-electron chi connectivity index (χ2n) is 5.26. The lowest BCUT2D eigenvalue weighted by Gasteiger charge is -2.17. The zero-order chi connectivity index (χ0) is 14.9. The van der Waals surface area contributed by atoms with Gasteiger partial charge in [0, 0.05) is 26.2 Å². The average molecular weight is 278 g/mol. The summed E-state index contributed by atoms with van der Waals surface area (Å²) in [5.74, 6) is 1.03. The zero-order valence-corrected chi connectivity index (χ0v) is 11.8. The number of nitro groups is 1. The standard InChI is InChI=1S/C13H18N4O3/c1-8-6-16(7-9(8)2)13(18)11-4-10(17(19)20)5-15-12(11)14-3/h4-5,8-9H,6-7H2,1-3H3,(H,14,15). The molecule has 20 heavy (non-hydrogen) atoms. The van der Waals surface area contributed by atoms with Crippen LogP contribution in [0.1, 0.15) is 24.2 Å². The molecule has 7 nitrogen and oxygen atoms in total. The fraction of sp³-hybridized carbons (Fsp3) is 0.538. The number of hydrogen-bond acceptors (Lipinski definition) is 5. The Morgan fingerprint density at radius 2 is 2.05 bits per heavy atom. The van der Waals surface area contributed by atoms with Crippen LogP contribution in [0.5, 0.6) is 0 Å². The summed E-state index contributed by atoms with van der Waals surface area (Å²) in [5.41, 5.74) is 0.0793. The van der Waals surface area contributed by atoms with E-state index in [1.54, 1.807) is 11.9 Å². The molecule has 1 aromatic heterocycles. The predicted molar refractivity (Wildman–Crippen MR) is 74.7 cm³/mol. The van der Waals surface area contributed by atoms with Crippen molar-refractivity contribution in [2.24, 2.45) is 11.8 Å². The summed E-state index contributed by atoms with van der Waals surface area (Å²) in [6, 6.07) is 1.29. The third kappa shape index (κ3) is 2.56. The minimum absolute atomic E-state index is 0.173. The summed E-state index contributed by atoms with van der Waals surface area (Å²) in [5, 5.41) is 13.6. The van der Waals surface area contributed by atoms with E-state index >= 15 is 0 Å². The fourth-order valence-corrected chi connectivity index (χ4v) is 2.38. The molecular formula is C13H18N4O3. The maximum Gasteiger partial charge on any atom is 0.288 e. The first-order chi connectivity index (χ1) is 9.43. The molecule has 2 heterocycles. The molecule has 2 atom stereocenters. The molecule has 0 aliphatic carbocycles. The third-order valence-corrected chi connectivity index (χ3v) is 3.83. The first-order valence-electron chi connectivity index (χ1n) is 6.55. The van der Waals surface area contributed by atoms with Crippen molar-refractivity contribution in [3.63, 3.8) is 0 Å². The Morgan fingerprint density at radius 3 is 2.55 bits per heavy atom. The van der Waals surface area contributed by atoms with E-state index in [1.165, 1.54) is 6.07 Å². The van der Waals surface area contributed by atoms with E-state index < -0.39 is 4.92 Å². The molecule has 0 aromatic carbocycles. The van der Waals surface area contributed by atoms with Crippen molar-refractivity contribution in [3.8, 4) is 0 Å². The van der Waals surface area contributed by atoms with Crippen molar-refractivity contribution >= 4 is 17.4 Å². The fourth-order valence-electron chi connectivity index (χ4n) is 2.38. The zero-order valence-electron chi connectivity index (χ0n) is 11.8. The van der Waals surface area contributed by atoms with E-state index in [4.69, 9.17) is 0 Å². The van der Waals surface area contributed by atoms with Crippen LogP contribution in [0, 0.1) is 22.0 Å². The minimum Gasteiger partial charge on any atom is -0.372 e. The van der Waals surface area contributed by atoms with Gasteiger partial charge in [0.15, 0.2) is 0 Å². The Balaban J connectivity index is 2.33. The second-order valence-corrected chi connectivity index (χ2v) is 5.26. The van der Waals surface area contributed by atoms with E-state index in [0.717, 1.165) is 6.20 Å². The number of likely N-dealkylation sites (tertiary alicyclic amines) is 1. The molecule has 7 heteroatoms. The monoisotopic (exact) mass is 278 g/mol. The van der Waals surface area contributed by atoms with Crippen LogP contribution in [-0.4, -0.2) is 40.9 Å². The summed E-state index contributed by atoms with van der Waals surface area (Å²) in [4.78, 5) is 28.5. The molecule has 0 bridgehead atoms. The van der Waals surface area contributed by atoms with E-state index in [-0.39, 0.29) is 17.2 Å². The van der Waals surface area contributed by atoms with Crippen molar-refractivity contribution < 1.29 is 9.72 Å². The largest absolute Gasteiger partial charge is 0.372 e. The summed E-state index contributed by atoms with van der Waals surface area (Å²) in [6.45, 7) is 5.54. The number of rotatable bonds is 3. The number of pyridine rings is 1. The van der Waals surface area contributed by atoms with Gasteiger partial charge in [-0.2, -0.15) is 0 Å². The van der Waals surface area contributed by atoms with Crippen LogP contribution in [-0.2, 0) is 0 Å². The van der Waals surface area contributed by atoms with Gasteiger partial charge in [0.2, 0.25) is 0 Å². The molecule has 1 aliphatic heterocycles. The number of aromatic nitrogens is 1. The van der Waals surface area contributed by atoms with Crippen molar-refractivity contribution in [2.75, 3.05) is 25.5 Å². The first kappa shape index (κ1) is 14.2. The second kappa shape index (κ2) is 5.44. The summed E-state index contributed by atoms with van der Waals surface area (Å²) < 4.78 is 0. The quantitative estimate of drug-likeness (QED) is 0.672. The van der Waals surface area contributed by atoms with Crippen LogP contribution in [0.2, 0.25) is 0 Å². The molecule has 2 rings (SSSR count). The normalized spacial score (nSPS) is 21.9. The molecule has 108 valence electrons. The molecule has 1 aromatic rings. The molecule has 1 N–H and O–H groups in total. The average Bonchev–Trinajstić information content (AvgIpc) is 2.77. The molecule has 0 saturated carbocycles. The van der Waals surface area contributed by atoms with Gasteiger partial charge >= 0.3 is 0 Å². The first-order valence-corrected chi connectivity index (χ1v) is 6.55. The molecule has 1 aliphatic rings. The van der Waals surface area contributed by atoms with Gasteiger partial charge in [-0.05, 0) is 11.8 Å². The molecular weight excluding hydrogens is 260 g/mol. The number of nitrogens with one attached hydrogen (secondary N) is 1. The lowest BCUT2D eigenvalue weighted by Crippen LogP contribution is -2.29.